The molecule has 0 saturated carbocycles. The number of carbonyl (C=O) groups is 1. The number of hydrogen-bond acceptors (Lipinski definition) is 4. The summed E-state index contributed by atoms with van der Waals surface area (Å²) in [6.07, 6.45) is 4.17. The third-order valence-corrected chi connectivity index (χ3v) is 3.84. The van der Waals surface area contributed by atoms with Gasteiger partial charge in [0.1, 0.15) is 0 Å². The Hall–Kier alpha value is -0.650. The first kappa shape index (κ1) is 17.4. The number of piperidine rings is 1. The Morgan fingerprint density at radius 1 is 1.30 bits per heavy atom. The molecule has 0 aliphatic carbocycles. The van der Waals surface area contributed by atoms with Gasteiger partial charge in [-0.05, 0) is 37.6 Å². The fourth-order valence-corrected chi connectivity index (χ4v) is 2.55. The third kappa shape index (κ3) is 6.20. The van der Waals surface area contributed by atoms with Crippen molar-refractivity contribution < 1.29 is 14.3 Å². The zero-order chi connectivity index (χ0) is 14.8. The summed E-state index contributed by atoms with van der Waals surface area (Å²) in [7, 11) is 1.67. The van der Waals surface area contributed by atoms with Gasteiger partial charge in [0.2, 0.25) is 5.91 Å². The van der Waals surface area contributed by atoms with Crippen LogP contribution in [-0.2, 0) is 14.3 Å². The lowest BCUT2D eigenvalue weighted by Gasteiger charge is -2.38. The zero-order valence-corrected chi connectivity index (χ0v) is 13.2. The second kappa shape index (κ2) is 9.32. The van der Waals surface area contributed by atoms with Crippen LogP contribution in [0.4, 0.5) is 0 Å². The first-order valence-electron chi connectivity index (χ1n) is 7.66. The van der Waals surface area contributed by atoms with Crippen LogP contribution in [0.25, 0.3) is 0 Å². The summed E-state index contributed by atoms with van der Waals surface area (Å²) >= 11 is 0. The summed E-state index contributed by atoms with van der Waals surface area (Å²) < 4.78 is 10.3. The molecule has 0 radical (unpaired) electrons. The third-order valence-electron chi connectivity index (χ3n) is 3.84. The van der Waals surface area contributed by atoms with Crippen molar-refractivity contribution in [2.45, 2.75) is 45.6 Å². The standard InChI is InChI=1S/C15H30N2O3/c1-15(2)7-6-9-16-13(15)14(18)17-8-4-5-10-20-12-11-19-3/h13,16H,4-12H2,1-3H3,(H,17,18). The largest absolute Gasteiger partial charge is 0.382 e. The van der Waals surface area contributed by atoms with E-state index in [9.17, 15) is 4.79 Å². The maximum atomic E-state index is 12.2. The molecular formula is C15H30N2O3. The molecule has 20 heavy (non-hydrogen) atoms. The predicted molar refractivity (Wildman–Crippen MR) is 79.7 cm³/mol. The summed E-state index contributed by atoms with van der Waals surface area (Å²) in [5, 5.41) is 6.36. The summed E-state index contributed by atoms with van der Waals surface area (Å²) in [6.45, 7) is 7.99. The van der Waals surface area contributed by atoms with Gasteiger partial charge < -0.3 is 20.1 Å². The van der Waals surface area contributed by atoms with Gasteiger partial charge >= 0.3 is 0 Å². The molecule has 0 aromatic rings. The fourth-order valence-electron chi connectivity index (χ4n) is 2.55. The van der Waals surface area contributed by atoms with E-state index >= 15 is 0 Å². The van der Waals surface area contributed by atoms with E-state index in [0.717, 1.165) is 45.4 Å². The number of nitrogens with one attached hydrogen (secondary N) is 2. The van der Waals surface area contributed by atoms with Gasteiger partial charge in [-0.1, -0.05) is 13.8 Å². The first-order valence-corrected chi connectivity index (χ1v) is 7.66. The van der Waals surface area contributed by atoms with Gasteiger partial charge in [-0.3, -0.25) is 4.79 Å². The minimum absolute atomic E-state index is 0.0472. The van der Waals surface area contributed by atoms with Crippen molar-refractivity contribution in [1.82, 2.24) is 10.6 Å². The van der Waals surface area contributed by atoms with Gasteiger partial charge in [-0.15, -0.1) is 0 Å². The molecule has 0 spiro atoms. The molecule has 1 rings (SSSR count). The normalized spacial score (nSPS) is 21.6. The summed E-state index contributed by atoms with van der Waals surface area (Å²) in [4.78, 5) is 12.2. The van der Waals surface area contributed by atoms with Crippen molar-refractivity contribution >= 4 is 5.91 Å². The Kier molecular flexibility index (Phi) is 8.11. The molecule has 0 bridgehead atoms. The van der Waals surface area contributed by atoms with E-state index in [0.29, 0.717) is 13.2 Å². The van der Waals surface area contributed by atoms with Crippen molar-refractivity contribution in [2.75, 3.05) is 40.0 Å². The summed E-state index contributed by atoms with van der Waals surface area (Å²) in [5.41, 5.74) is 0.0472. The van der Waals surface area contributed by atoms with Crippen LogP contribution in [-0.4, -0.2) is 52.0 Å². The van der Waals surface area contributed by atoms with E-state index < -0.39 is 0 Å². The molecule has 0 aromatic heterocycles. The van der Waals surface area contributed by atoms with Gasteiger partial charge in [-0.25, -0.2) is 0 Å². The monoisotopic (exact) mass is 286 g/mol. The lowest BCUT2D eigenvalue weighted by Crippen LogP contribution is -2.55. The second-order valence-corrected chi connectivity index (χ2v) is 6.08. The van der Waals surface area contributed by atoms with Crippen LogP contribution in [0, 0.1) is 5.41 Å². The van der Waals surface area contributed by atoms with Crippen LogP contribution in [0.1, 0.15) is 39.5 Å². The van der Waals surface area contributed by atoms with Crippen molar-refractivity contribution in [1.29, 1.82) is 0 Å². The Bertz CT molecular complexity index is 282. The number of ether oxygens (including phenoxy) is 2. The smallest absolute Gasteiger partial charge is 0.237 e. The summed E-state index contributed by atoms with van der Waals surface area (Å²) in [5.74, 6) is 0.134. The van der Waals surface area contributed by atoms with Crippen LogP contribution in [0.2, 0.25) is 0 Å². The van der Waals surface area contributed by atoms with Crippen molar-refractivity contribution in [3.05, 3.63) is 0 Å². The van der Waals surface area contributed by atoms with E-state index in [1.165, 1.54) is 0 Å². The zero-order valence-electron chi connectivity index (χ0n) is 13.2. The highest BCUT2D eigenvalue weighted by molar-refractivity contribution is 5.82. The average Bonchev–Trinajstić information content (AvgIpc) is 2.41. The molecule has 1 amide bonds. The Balaban J connectivity index is 2.08. The minimum Gasteiger partial charge on any atom is -0.382 e. The highest BCUT2D eigenvalue weighted by Crippen LogP contribution is 2.29. The van der Waals surface area contributed by atoms with Crippen molar-refractivity contribution in [3.63, 3.8) is 0 Å². The second-order valence-electron chi connectivity index (χ2n) is 6.08. The number of carbonyl (C=O) groups excluding carboxylic acids is 1. The SMILES string of the molecule is COCCOCCCCNC(=O)C1NCCCC1(C)C. The van der Waals surface area contributed by atoms with E-state index in [-0.39, 0.29) is 17.4 Å². The molecule has 1 atom stereocenters. The van der Waals surface area contributed by atoms with E-state index in [4.69, 9.17) is 9.47 Å². The Morgan fingerprint density at radius 3 is 2.80 bits per heavy atom. The number of rotatable bonds is 9. The lowest BCUT2D eigenvalue weighted by molar-refractivity contribution is -0.126. The number of unbranched alkanes of at least 4 members (excludes halogenated alkanes) is 1. The van der Waals surface area contributed by atoms with Crippen LogP contribution in [0.15, 0.2) is 0 Å². The molecule has 1 heterocycles. The van der Waals surface area contributed by atoms with Gasteiger partial charge in [0.15, 0.2) is 0 Å². The maximum absolute atomic E-state index is 12.2. The molecular weight excluding hydrogens is 256 g/mol. The molecule has 1 fully saturated rings. The summed E-state index contributed by atoms with van der Waals surface area (Å²) in [6, 6.07) is -0.0609. The van der Waals surface area contributed by atoms with Crippen LogP contribution < -0.4 is 10.6 Å². The molecule has 1 aliphatic heterocycles. The molecule has 1 aliphatic rings. The molecule has 5 nitrogen and oxygen atoms in total. The van der Waals surface area contributed by atoms with Crippen molar-refractivity contribution in [3.8, 4) is 0 Å². The van der Waals surface area contributed by atoms with Crippen LogP contribution >= 0.6 is 0 Å². The Labute approximate surface area is 122 Å². The highest BCUT2D eigenvalue weighted by Gasteiger charge is 2.36. The quantitative estimate of drug-likeness (QED) is 0.628. The van der Waals surface area contributed by atoms with Gasteiger partial charge in [-0.2, -0.15) is 0 Å². The number of amides is 1. The average molecular weight is 286 g/mol. The predicted octanol–water partition coefficient (Wildman–Crippen LogP) is 1.32. The van der Waals surface area contributed by atoms with Gasteiger partial charge in [0.25, 0.3) is 0 Å². The number of methoxy groups -OCH3 is 1. The topological polar surface area (TPSA) is 59.6 Å². The minimum atomic E-state index is -0.0609. The first-order chi connectivity index (χ1) is 9.58. The van der Waals surface area contributed by atoms with E-state index in [2.05, 4.69) is 24.5 Å². The molecule has 0 aromatic carbocycles. The van der Waals surface area contributed by atoms with Crippen molar-refractivity contribution in [2.24, 2.45) is 5.41 Å². The molecule has 118 valence electrons. The highest BCUT2D eigenvalue weighted by atomic mass is 16.5. The fraction of sp³-hybridized carbons (Fsp3) is 0.933. The molecule has 1 saturated heterocycles. The Morgan fingerprint density at radius 2 is 2.10 bits per heavy atom. The van der Waals surface area contributed by atoms with Crippen LogP contribution in [0.5, 0.6) is 0 Å². The molecule has 1 unspecified atom stereocenters. The van der Waals surface area contributed by atoms with E-state index in [1.807, 2.05) is 0 Å². The number of hydrogen-bond donors (Lipinski definition) is 2. The van der Waals surface area contributed by atoms with Gasteiger partial charge in [0, 0.05) is 20.3 Å². The lowest BCUT2D eigenvalue weighted by atomic mass is 9.77. The maximum Gasteiger partial charge on any atom is 0.237 e. The van der Waals surface area contributed by atoms with Crippen LogP contribution in [0.3, 0.4) is 0 Å². The van der Waals surface area contributed by atoms with E-state index in [1.54, 1.807) is 7.11 Å². The molecule has 5 heteroatoms. The van der Waals surface area contributed by atoms with Gasteiger partial charge in [0.05, 0.1) is 19.3 Å². The molecule has 2 N–H and O–H groups in total.